The van der Waals surface area contributed by atoms with E-state index >= 15 is 0 Å². The number of nitrogens with zero attached hydrogens (tertiary/aromatic N) is 1. The van der Waals surface area contributed by atoms with Gasteiger partial charge in [-0.15, -0.1) is 0 Å². The van der Waals surface area contributed by atoms with Crippen molar-refractivity contribution in [2.75, 3.05) is 0 Å². The lowest BCUT2D eigenvalue weighted by molar-refractivity contribution is -0.125. The molecule has 1 rings (SSSR count). The van der Waals surface area contributed by atoms with Crippen LogP contribution in [0, 0.1) is 0 Å². The molecule has 1 amide bonds. The summed E-state index contributed by atoms with van der Waals surface area (Å²) in [6.07, 6.45) is 1.59. The summed E-state index contributed by atoms with van der Waals surface area (Å²) >= 11 is 0. The average molecular weight is 192 g/mol. The number of nitrogens with one attached hydrogen (secondary N) is 1. The summed E-state index contributed by atoms with van der Waals surface area (Å²) in [7, 11) is 0. The highest BCUT2D eigenvalue weighted by Gasteiger charge is 2.17. The Balaban J connectivity index is 2.89. The second kappa shape index (κ2) is 4.50. The topological polar surface area (TPSA) is 59.1 Å². The molecule has 0 fully saturated rings. The van der Waals surface area contributed by atoms with Crippen LogP contribution in [-0.4, -0.2) is 16.7 Å². The van der Waals surface area contributed by atoms with E-state index in [0.717, 1.165) is 0 Å². The molecule has 4 nitrogen and oxygen atoms in total. The lowest BCUT2D eigenvalue weighted by Crippen LogP contribution is -2.31. The molecule has 74 valence electrons. The number of aromatic nitrogens is 1. The van der Waals surface area contributed by atoms with E-state index in [1.165, 1.54) is 13.8 Å². The lowest BCUT2D eigenvalue weighted by Gasteiger charge is -2.13. The van der Waals surface area contributed by atoms with Crippen LogP contribution in [0.5, 0.6) is 0 Å². The molecule has 0 aliphatic rings. The van der Waals surface area contributed by atoms with Gasteiger partial charge in [0.05, 0.1) is 5.69 Å². The van der Waals surface area contributed by atoms with Gasteiger partial charge in [-0.25, -0.2) is 0 Å². The van der Waals surface area contributed by atoms with E-state index in [-0.39, 0.29) is 11.7 Å². The monoisotopic (exact) mass is 192 g/mol. The second-order valence-electron chi connectivity index (χ2n) is 3.00. The van der Waals surface area contributed by atoms with Gasteiger partial charge in [0.1, 0.15) is 6.04 Å². The number of pyridine rings is 1. The van der Waals surface area contributed by atoms with Crippen molar-refractivity contribution < 1.29 is 9.59 Å². The summed E-state index contributed by atoms with van der Waals surface area (Å²) in [5.74, 6) is -0.366. The largest absolute Gasteiger partial charge is 0.341 e. The van der Waals surface area contributed by atoms with Crippen molar-refractivity contribution >= 4 is 11.7 Å². The number of ketones is 1. The van der Waals surface area contributed by atoms with Gasteiger partial charge < -0.3 is 5.32 Å². The molecule has 1 N–H and O–H groups in total. The smallest absolute Gasteiger partial charge is 0.217 e. The second-order valence-corrected chi connectivity index (χ2v) is 3.00. The van der Waals surface area contributed by atoms with Gasteiger partial charge in [-0.05, 0) is 19.1 Å². The van der Waals surface area contributed by atoms with Gasteiger partial charge in [-0.2, -0.15) is 0 Å². The van der Waals surface area contributed by atoms with E-state index in [2.05, 4.69) is 10.3 Å². The van der Waals surface area contributed by atoms with Crippen LogP contribution in [0.3, 0.4) is 0 Å². The summed E-state index contributed by atoms with van der Waals surface area (Å²) in [4.78, 5) is 26.1. The fourth-order valence-corrected chi connectivity index (χ4v) is 1.13. The summed E-state index contributed by atoms with van der Waals surface area (Å²) in [6, 6.07) is 4.62. The molecule has 0 bridgehead atoms. The first kappa shape index (κ1) is 10.4. The quantitative estimate of drug-likeness (QED) is 0.772. The molecular weight excluding hydrogens is 180 g/mol. The Labute approximate surface area is 82.3 Å². The maximum Gasteiger partial charge on any atom is 0.217 e. The minimum absolute atomic E-state index is 0.126. The van der Waals surface area contributed by atoms with Crippen LogP contribution in [0.1, 0.15) is 25.6 Å². The SMILES string of the molecule is CC(=O)NC(C(C)=O)c1ccccn1. The first-order valence-corrected chi connectivity index (χ1v) is 4.29. The van der Waals surface area contributed by atoms with Crippen molar-refractivity contribution in [2.45, 2.75) is 19.9 Å². The molecule has 0 spiro atoms. The van der Waals surface area contributed by atoms with Crippen molar-refractivity contribution in [3.05, 3.63) is 30.1 Å². The predicted molar refractivity (Wildman–Crippen MR) is 51.5 cm³/mol. The Morgan fingerprint density at radius 1 is 1.36 bits per heavy atom. The van der Waals surface area contributed by atoms with Crippen LogP contribution in [-0.2, 0) is 9.59 Å². The molecule has 0 aromatic carbocycles. The van der Waals surface area contributed by atoms with E-state index in [1.54, 1.807) is 24.4 Å². The van der Waals surface area contributed by atoms with E-state index < -0.39 is 6.04 Å². The molecule has 0 saturated heterocycles. The summed E-state index contributed by atoms with van der Waals surface area (Å²) < 4.78 is 0. The number of amides is 1. The lowest BCUT2D eigenvalue weighted by atomic mass is 10.1. The van der Waals surface area contributed by atoms with Gasteiger partial charge in [-0.1, -0.05) is 6.07 Å². The maximum atomic E-state index is 11.2. The molecule has 0 saturated carbocycles. The maximum absolute atomic E-state index is 11.2. The first-order chi connectivity index (χ1) is 6.61. The molecule has 1 aromatic rings. The molecule has 0 radical (unpaired) electrons. The highest BCUT2D eigenvalue weighted by molar-refractivity contribution is 5.87. The molecule has 1 heterocycles. The number of rotatable bonds is 3. The molecule has 0 aliphatic heterocycles. The van der Waals surface area contributed by atoms with E-state index in [0.29, 0.717) is 5.69 Å². The third-order valence-electron chi connectivity index (χ3n) is 1.74. The highest BCUT2D eigenvalue weighted by Crippen LogP contribution is 2.09. The molecule has 1 unspecified atom stereocenters. The van der Waals surface area contributed by atoms with Crippen molar-refractivity contribution in [3.63, 3.8) is 0 Å². The fraction of sp³-hybridized carbons (Fsp3) is 0.300. The Morgan fingerprint density at radius 2 is 2.07 bits per heavy atom. The number of carbonyl (C=O) groups excluding carboxylic acids is 2. The molecule has 14 heavy (non-hydrogen) atoms. The zero-order valence-electron chi connectivity index (χ0n) is 8.15. The minimum Gasteiger partial charge on any atom is -0.341 e. The van der Waals surface area contributed by atoms with Gasteiger partial charge >= 0.3 is 0 Å². The molecule has 4 heteroatoms. The Kier molecular flexibility index (Phi) is 3.34. The van der Waals surface area contributed by atoms with Crippen LogP contribution in [0.25, 0.3) is 0 Å². The Morgan fingerprint density at radius 3 is 2.50 bits per heavy atom. The van der Waals surface area contributed by atoms with Crippen LogP contribution in [0.2, 0.25) is 0 Å². The third-order valence-corrected chi connectivity index (χ3v) is 1.74. The van der Waals surface area contributed by atoms with Crippen molar-refractivity contribution in [1.29, 1.82) is 0 Å². The van der Waals surface area contributed by atoms with E-state index in [1.807, 2.05) is 0 Å². The predicted octanol–water partition coefficient (Wildman–Crippen LogP) is 0.848. The highest BCUT2D eigenvalue weighted by atomic mass is 16.2. The number of carbonyl (C=O) groups is 2. The number of hydrogen-bond donors (Lipinski definition) is 1. The van der Waals surface area contributed by atoms with E-state index in [4.69, 9.17) is 0 Å². The standard InChI is InChI=1S/C10H12N2O2/c1-7(13)10(12-8(2)14)9-5-3-4-6-11-9/h3-6,10H,1-2H3,(H,12,14). The zero-order chi connectivity index (χ0) is 10.6. The van der Waals surface area contributed by atoms with Crippen LogP contribution in [0.15, 0.2) is 24.4 Å². The van der Waals surface area contributed by atoms with Crippen LogP contribution < -0.4 is 5.32 Å². The normalized spacial score (nSPS) is 11.9. The van der Waals surface area contributed by atoms with Gasteiger partial charge in [-0.3, -0.25) is 14.6 Å². The molecule has 1 atom stereocenters. The summed E-state index contributed by atoms with van der Waals surface area (Å²) in [6.45, 7) is 2.80. The molecular formula is C10H12N2O2. The fourth-order valence-electron chi connectivity index (χ4n) is 1.13. The van der Waals surface area contributed by atoms with E-state index in [9.17, 15) is 9.59 Å². The summed E-state index contributed by atoms with van der Waals surface area (Å²) in [5, 5.41) is 2.54. The minimum atomic E-state index is -0.631. The molecule has 1 aromatic heterocycles. The Bertz CT molecular complexity index is 335. The van der Waals surface area contributed by atoms with Crippen molar-refractivity contribution in [1.82, 2.24) is 10.3 Å². The number of hydrogen-bond acceptors (Lipinski definition) is 3. The Hall–Kier alpha value is -1.71. The average Bonchev–Trinajstić information content (AvgIpc) is 2.15. The van der Waals surface area contributed by atoms with Gasteiger partial charge in [0.15, 0.2) is 5.78 Å². The summed E-state index contributed by atoms with van der Waals surface area (Å²) in [5.41, 5.74) is 0.565. The number of Topliss-reactive ketones (excluding diaryl/α,β-unsaturated/α-hetero) is 1. The zero-order valence-corrected chi connectivity index (χ0v) is 8.15. The third kappa shape index (κ3) is 2.65. The van der Waals surface area contributed by atoms with Crippen molar-refractivity contribution in [3.8, 4) is 0 Å². The van der Waals surface area contributed by atoms with Crippen molar-refractivity contribution in [2.24, 2.45) is 0 Å². The van der Waals surface area contributed by atoms with Crippen LogP contribution in [0.4, 0.5) is 0 Å². The van der Waals surface area contributed by atoms with Gasteiger partial charge in [0, 0.05) is 13.1 Å². The van der Waals surface area contributed by atoms with Gasteiger partial charge in [0.2, 0.25) is 5.91 Å². The molecule has 0 aliphatic carbocycles. The first-order valence-electron chi connectivity index (χ1n) is 4.29. The van der Waals surface area contributed by atoms with Gasteiger partial charge in [0.25, 0.3) is 0 Å². The van der Waals surface area contributed by atoms with Crippen LogP contribution >= 0.6 is 0 Å².